The van der Waals surface area contributed by atoms with Crippen LogP contribution in [0.4, 0.5) is 8.78 Å². The highest BCUT2D eigenvalue weighted by Crippen LogP contribution is 2.41. The molecule has 3 heterocycles. The van der Waals surface area contributed by atoms with Crippen molar-refractivity contribution in [1.82, 2.24) is 9.55 Å². The Morgan fingerprint density at radius 1 is 1.04 bits per heavy atom. The normalized spacial score (nSPS) is 12.3. The minimum absolute atomic E-state index is 0.0436. The Hall–Kier alpha value is -3.54. The lowest BCUT2D eigenvalue weighted by Gasteiger charge is -2.13. The summed E-state index contributed by atoms with van der Waals surface area (Å²) in [7, 11) is 0. The highest BCUT2D eigenvalue weighted by Gasteiger charge is 2.33. The fraction of sp³-hybridized carbons (Fsp3) is 0.0476. The third kappa shape index (κ3) is 2.33. The minimum atomic E-state index is -0.497. The first-order valence-electron chi connectivity index (χ1n) is 8.35. The first-order valence-corrected chi connectivity index (χ1v) is 8.35. The number of ether oxygens (including phenoxy) is 1. The molecule has 0 spiro atoms. The summed E-state index contributed by atoms with van der Waals surface area (Å²) in [4.78, 5) is 17.2. The van der Waals surface area contributed by atoms with Gasteiger partial charge in [0.2, 0.25) is 0 Å². The van der Waals surface area contributed by atoms with Crippen LogP contribution in [0.2, 0.25) is 0 Å². The SMILES string of the molecule is O=C1c2c(nc3c(F)cccc3c2OCc2cccc(F)c2)-c2cccn21. The van der Waals surface area contributed by atoms with Gasteiger partial charge < -0.3 is 4.74 Å². The zero-order valence-electron chi connectivity index (χ0n) is 13.9. The van der Waals surface area contributed by atoms with Gasteiger partial charge in [-0.25, -0.2) is 13.8 Å². The number of para-hydroxylation sites is 1. The van der Waals surface area contributed by atoms with Crippen molar-refractivity contribution < 1.29 is 18.3 Å². The average Bonchev–Trinajstić information content (AvgIpc) is 3.23. The van der Waals surface area contributed by atoms with Crippen LogP contribution in [0.1, 0.15) is 15.9 Å². The van der Waals surface area contributed by atoms with E-state index in [-0.39, 0.29) is 29.6 Å². The third-order valence-corrected chi connectivity index (χ3v) is 4.62. The summed E-state index contributed by atoms with van der Waals surface area (Å²) in [6, 6.07) is 14.0. The predicted octanol–water partition coefficient (Wildman–Crippen LogP) is 4.56. The summed E-state index contributed by atoms with van der Waals surface area (Å²) in [5.41, 5.74) is 2.01. The van der Waals surface area contributed by atoms with Gasteiger partial charge in [-0.1, -0.05) is 18.2 Å². The molecule has 132 valence electrons. The number of fused-ring (bicyclic) bond motifs is 4. The number of hydrogen-bond acceptors (Lipinski definition) is 3. The van der Waals surface area contributed by atoms with E-state index in [9.17, 15) is 13.6 Å². The van der Waals surface area contributed by atoms with E-state index in [2.05, 4.69) is 4.98 Å². The Kier molecular flexibility index (Phi) is 3.33. The molecule has 0 aliphatic carbocycles. The first-order chi connectivity index (χ1) is 13.1. The summed E-state index contributed by atoms with van der Waals surface area (Å²) in [5.74, 6) is -0.896. The van der Waals surface area contributed by atoms with Gasteiger partial charge in [0.25, 0.3) is 5.91 Å². The Morgan fingerprint density at radius 3 is 2.74 bits per heavy atom. The van der Waals surface area contributed by atoms with Crippen LogP contribution in [0.3, 0.4) is 0 Å². The molecule has 0 atom stereocenters. The summed E-state index contributed by atoms with van der Waals surface area (Å²) in [5, 5.41) is 0.407. The van der Waals surface area contributed by atoms with Crippen molar-refractivity contribution in [2.24, 2.45) is 0 Å². The minimum Gasteiger partial charge on any atom is -0.487 e. The van der Waals surface area contributed by atoms with Gasteiger partial charge in [0.1, 0.15) is 40.8 Å². The summed E-state index contributed by atoms with van der Waals surface area (Å²) in [6.45, 7) is 0.0436. The molecule has 0 bridgehead atoms. The molecule has 2 aromatic heterocycles. The van der Waals surface area contributed by atoms with Crippen molar-refractivity contribution in [3.05, 3.63) is 83.6 Å². The van der Waals surface area contributed by atoms with Gasteiger partial charge in [-0.2, -0.15) is 0 Å². The standard InChI is InChI=1S/C21H12F2N2O2/c22-13-5-1-4-12(10-13)11-27-20-14-6-2-7-15(23)18(14)24-19-16-8-3-9-25(16)21(26)17(19)20/h1-10H,11H2. The molecule has 4 aromatic rings. The van der Waals surface area contributed by atoms with Crippen molar-refractivity contribution in [2.45, 2.75) is 6.61 Å². The third-order valence-electron chi connectivity index (χ3n) is 4.62. The maximum atomic E-state index is 14.4. The fourth-order valence-corrected chi connectivity index (χ4v) is 3.41. The van der Waals surface area contributed by atoms with E-state index < -0.39 is 5.82 Å². The van der Waals surface area contributed by atoms with Crippen molar-refractivity contribution in [3.63, 3.8) is 0 Å². The molecule has 4 nitrogen and oxygen atoms in total. The second-order valence-electron chi connectivity index (χ2n) is 6.29. The molecule has 27 heavy (non-hydrogen) atoms. The van der Waals surface area contributed by atoms with Gasteiger partial charge >= 0.3 is 0 Å². The first kappa shape index (κ1) is 15.7. The topological polar surface area (TPSA) is 44.1 Å². The van der Waals surface area contributed by atoms with Crippen molar-refractivity contribution in [3.8, 4) is 17.1 Å². The maximum Gasteiger partial charge on any atom is 0.268 e. The fourth-order valence-electron chi connectivity index (χ4n) is 3.41. The van der Waals surface area contributed by atoms with Crippen molar-refractivity contribution in [1.29, 1.82) is 0 Å². The number of aromatic nitrogens is 2. The molecule has 5 rings (SSSR count). The molecule has 2 aromatic carbocycles. The van der Waals surface area contributed by atoms with E-state index in [4.69, 9.17) is 4.74 Å². The van der Waals surface area contributed by atoms with Crippen LogP contribution < -0.4 is 4.74 Å². The maximum absolute atomic E-state index is 14.4. The molecule has 1 aliphatic rings. The molecular weight excluding hydrogens is 350 g/mol. The van der Waals surface area contributed by atoms with E-state index in [1.54, 1.807) is 42.6 Å². The Morgan fingerprint density at radius 2 is 1.89 bits per heavy atom. The molecule has 0 saturated carbocycles. The molecule has 1 aliphatic heterocycles. The van der Waals surface area contributed by atoms with Crippen LogP contribution in [0.5, 0.6) is 5.75 Å². The Balaban J connectivity index is 1.70. The summed E-state index contributed by atoms with van der Waals surface area (Å²) in [6.07, 6.45) is 1.64. The number of carbonyl (C=O) groups is 1. The van der Waals surface area contributed by atoms with Crippen LogP contribution in [-0.2, 0) is 6.61 Å². The second-order valence-corrected chi connectivity index (χ2v) is 6.29. The highest BCUT2D eigenvalue weighted by molar-refractivity contribution is 6.13. The van der Waals surface area contributed by atoms with Crippen LogP contribution in [0.25, 0.3) is 22.3 Å². The van der Waals surface area contributed by atoms with Crippen LogP contribution in [-0.4, -0.2) is 15.5 Å². The number of hydrogen-bond donors (Lipinski definition) is 0. The average molecular weight is 362 g/mol. The van der Waals surface area contributed by atoms with Gasteiger partial charge in [-0.05, 0) is 42.0 Å². The number of nitrogens with zero attached hydrogens (tertiary/aromatic N) is 2. The van der Waals surface area contributed by atoms with E-state index >= 15 is 0 Å². The Labute approximate surface area is 152 Å². The lowest BCUT2D eigenvalue weighted by molar-refractivity contribution is 0.0965. The van der Waals surface area contributed by atoms with E-state index in [1.165, 1.54) is 22.8 Å². The monoisotopic (exact) mass is 362 g/mol. The molecule has 0 unspecified atom stereocenters. The second kappa shape index (κ2) is 5.74. The molecular formula is C21H12F2N2O2. The van der Waals surface area contributed by atoms with Gasteiger partial charge in [0.05, 0.1) is 5.69 Å². The lowest BCUT2D eigenvalue weighted by atomic mass is 10.1. The smallest absolute Gasteiger partial charge is 0.268 e. The summed E-state index contributed by atoms with van der Waals surface area (Å²) < 4.78 is 35.2. The number of carbonyl (C=O) groups excluding carboxylic acids is 1. The molecule has 0 fully saturated rings. The number of benzene rings is 2. The summed E-state index contributed by atoms with van der Waals surface area (Å²) >= 11 is 0. The predicted molar refractivity (Wildman–Crippen MR) is 95.6 cm³/mol. The van der Waals surface area contributed by atoms with E-state index in [0.29, 0.717) is 27.9 Å². The molecule has 0 saturated heterocycles. The molecule has 0 N–H and O–H groups in total. The Bertz CT molecular complexity index is 1230. The van der Waals surface area contributed by atoms with Crippen LogP contribution in [0.15, 0.2) is 60.8 Å². The van der Waals surface area contributed by atoms with E-state index in [1.807, 2.05) is 0 Å². The largest absolute Gasteiger partial charge is 0.487 e. The van der Waals surface area contributed by atoms with Crippen LogP contribution in [0, 0.1) is 11.6 Å². The van der Waals surface area contributed by atoms with Gasteiger partial charge in [-0.15, -0.1) is 0 Å². The van der Waals surface area contributed by atoms with E-state index in [0.717, 1.165) is 0 Å². The zero-order chi connectivity index (χ0) is 18.5. The number of rotatable bonds is 3. The van der Waals surface area contributed by atoms with Crippen LogP contribution >= 0.6 is 0 Å². The lowest BCUT2D eigenvalue weighted by Crippen LogP contribution is -2.08. The highest BCUT2D eigenvalue weighted by atomic mass is 19.1. The van der Waals surface area contributed by atoms with Crippen molar-refractivity contribution in [2.75, 3.05) is 0 Å². The zero-order valence-corrected chi connectivity index (χ0v) is 13.9. The van der Waals surface area contributed by atoms with Crippen molar-refractivity contribution >= 4 is 16.8 Å². The molecule has 0 radical (unpaired) electrons. The molecule has 0 amide bonds. The number of pyridine rings is 1. The number of halogens is 2. The van der Waals surface area contributed by atoms with Gasteiger partial charge in [-0.3, -0.25) is 9.36 Å². The van der Waals surface area contributed by atoms with Gasteiger partial charge in [0, 0.05) is 11.6 Å². The van der Waals surface area contributed by atoms with Gasteiger partial charge in [0.15, 0.2) is 0 Å². The quantitative estimate of drug-likeness (QED) is 0.472. The molecule has 6 heteroatoms.